The van der Waals surface area contributed by atoms with Gasteiger partial charge in [-0.15, -0.1) is 11.8 Å². The maximum absolute atomic E-state index is 13.7. The minimum atomic E-state index is -1.49. The Bertz CT molecular complexity index is 1570. The second-order valence-electron chi connectivity index (χ2n) is 13.1. The average Bonchev–Trinajstić information content (AvgIpc) is 3.30. The van der Waals surface area contributed by atoms with Crippen LogP contribution >= 0.6 is 11.8 Å². The van der Waals surface area contributed by atoms with Crippen LogP contribution in [0, 0.1) is 11.8 Å². The molecule has 1 aliphatic heterocycles. The van der Waals surface area contributed by atoms with E-state index < -0.39 is 36.1 Å². The number of carboxylic acids is 1. The molecule has 1 fully saturated rings. The number of nitrogens with one attached hydrogen (secondary N) is 3. The molecule has 9 nitrogen and oxygen atoms in total. The summed E-state index contributed by atoms with van der Waals surface area (Å²) in [5.74, 6) is -4.02. The molecule has 1 saturated heterocycles. The van der Waals surface area contributed by atoms with Crippen molar-refractivity contribution in [2.45, 2.75) is 68.7 Å². The molecule has 46 heavy (non-hydrogen) atoms. The fourth-order valence-electron chi connectivity index (χ4n) is 7.17. The summed E-state index contributed by atoms with van der Waals surface area (Å²) >= 11 is 1.72. The molecular formula is C36H41N3O6S. The number of aliphatic carboxylic acids is 1. The number of alkyl carbamates (subject to hydrolysis) is 1. The summed E-state index contributed by atoms with van der Waals surface area (Å²) < 4.78 is 5.14. The van der Waals surface area contributed by atoms with Crippen LogP contribution in [-0.2, 0) is 25.5 Å². The Balaban J connectivity index is 1.31. The zero-order valence-electron chi connectivity index (χ0n) is 26.7. The number of amides is 3. The summed E-state index contributed by atoms with van der Waals surface area (Å²) in [6, 6.07) is 23.3. The molecule has 2 aliphatic rings. The second-order valence-corrected chi connectivity index (χ2v) is 15.4. The Labute approximate surface area is 273 Å². The summed E-state index contributed by atoms with van der Waals surface area (Å²) in [4.78, 5) is 52.8. The molecule has 4 N–H and O–H groups in total. The summed E-state index contributed by atoms with van der Waals surface area (Å²) in [5, 5.41) is 18.4. The van der Waals surface area contributed by atoms with Crippen LogP contribution in [0.5, 0.6) is 0 Å². The fraction of sp³-hybridized carbons (Fsp3) is 0.389. The van der Waals surface area contributed by atoms with Crippen molar-refractivity contribution in [3.63, 3.8) is 0 Å². The molecule has 0 radical (unpaired) electrons. The van der Waals surface area contributed by atoms with E-state index in [2.05, 4.69) is 16.0 Å². The van der Waals surface area contributed by atoms with Gasteiger partial charge in [-0.05, 0) is 68.9 Å². The van der Waals surface area contributed by atoms with E-state index in [9.17, 15) is 24.3 Å². The number of ether oxygens (including phenoxy) is 1. The van der Waals surface area contributed by atoms with Gasteiger partial charge < -0.3 is 25.8 Å². The van der Waals surface area contributed by atoms with Gasteiger partial charge in [0.15, 0.2) is 0 Å². The van der Waals surface area contributed by atoms with E-state index in [4.69, 9.17) is 4.74 Å². The quantitative estimate of drug-likeness (QED) is 0.208. The van der Waals surface area contributed by atoms with E-state index in [0.717, 1.165) is 22.3 Å². The number of carbonyl (C=O) groups excluding carboxylic acids is 3. The van der Waals surface area contributed by atoms with Crippen molar-refractivity contribution in [2.24, 2.45) is 11.8 Å². The maximum atomic E-state index is 13.7. The third-order valence-corrected chi connectivity index (χ3v) is 10.3. The normalized spacial score (nSPS) is 18.1. The number of carbonyl (C=O) groups is 4. The second kappa shape index (κ2) is 13.2. The number of hydrogen-bond donors (Lipinski definition) is 4. The Morgan fingerprint density at radius 1 is 0.804 bits per heavy atom. The minimum absolute atomic E-state index is 0.00204. The molecule has 5 rings (SSSR count). The van der Waals surface area contributed by atoms with Gasteiger partial charge in [-0.25, -0.2) is 4.79 Å². The summed E-state index contributed by atoms with van der Waals surface area (Å²) in [5.41, 5.74) is 4.89. The van der Waals surface area contributed by atoms with Crippen LogP contribution in [0.3, 0.4) is 0 Å². The van der Waals surface area contributed by atoms with E-state index in [0.29, 0.717) is 5.56 Å². The predicted molar refractivity (Wildman–Crippen MR) is 178 cm³/mol. The van der Waals surface area contributed by atoms with E-state index >= 15 is 0 Å². The number of carboxylic acid groups (broad SMARTS) is 1. The van der Waals surface area contributed by atoms with Crippen molar-refractivity contribution in [1.29, 1.82) is 0 Å². The Morgan fingerprint density at radius 3 is 1.89 bits per heavy atom. The van der Waals surface area contributed by atoms with Gasteiger partial charge in [0, 0.05) is 15.4 Å². The van der Waals surface area contributed by atoms with Crippen LogP contribution in [0.4, 0.5) is 4.79 Å². The van der Waals surface area contributed by atoms with Gasteiger partial charge in [-0.1, -0.05) is 78.9 Å². The minimum Gasteiger partial charge on any atom is -0.481 e. The topological polar surface area (TPSA) is 134 Å². The zero-order chi connectivity index (χ0) is 33.2. The molecule has 0 spiro atoms. The molecule has 0 aromatic heterocycles. The molecule has 0 saturated carbocycles. The van der Waals surface area contributed by atoms with Crippen LogP contribution in [0.15, 0.2) is 78.9 Å². The van der Waals surface area contributed by atoms with E-state index in [1.54, 1.807) is 43.0 Å². The van der Waals surface area contributed by atoms with Crippen molar-refractivity contribution >= 4 is 35.6 Å². The van der Waals surface area contributed by atoms with Gasteiger partial charge in [0.2, 0.25) is 11.8 Å². The molecule has 0 bridgehead atoms. The number of fused-ring (bicyclic) bond motifs is 3. The lowest BCUT2D eigenvalue weighted by Crippen LogP contribution is -2.63. The number of hydrogen-bond acceptors (Lipinski definition) is 6. The van der Waals surface area contributed by atoms with Crippen molar-refractivity contribution < 1.29 is 29.0 Å². The fourth-order valence-corrected chi connectivity index (χ4v) is 9.38. The van der Waals surface area contributed by atoms with Gasteiger partial charge >= 0.3 is 12.1 Å². The predicted octanol–water partition coefficient (Wildman–Crippen LogP) is 5.34. The summed E-state index contributed by atoms with van der Waals surface area (Å²) in [6.45, 7) is 9.64. The summed E-state index contributed by atoms with van der Waals surface area (Å²) in [6.07, 6.45) is -1.75. The van der Waals surface area contributed by atoms with Crippen molar-refractivity contribution in [1.82, 2.24) is 16.0 Å². The average molecular weight is 644 g/mol. The molecule has 1 heterocycles. The van der Waals surface area contributed by atoms with Crippen molar-refractivity contribution in [3.05, 3.63) is 95.6 Å². The first-order valence-corrected chi connectivity index (χ1v) is 16.3. The van der Waals surface area contributed by atoms with Gasteiger partial charge in [0.25, 0.3) is 0 Å². The van der Waals surface area contributed by atoms with Crippen LogP contribution < -0.4 is 16.0 Å². The third-order valence-electron chi connectivity index (χ3n) is 8.81. The van der Waals surface area contributed by atoms with Gasteiger partial charge in [-0.2, -0.15) is 0 Å². The Kier molecular flexibility index (Phi) is 9.49. The summed E-state index contributed by atoms with van der Waals surface area (Å²) in [7, 11) is 0. The highest BCUT2D eigenvalue weighted by Gasteiger charge is 2.57. The lowest BCUT2D eigenvalue weighted by Gasteiger charge is -2.55. The molecule has 3 atom stereocenters. The van der Waals surface area contributed by atoms with Crippen LogP contribution in [0.1, 0.15) is 57.2 Å². The molecule has 3 aromatic rings. The standard InChI is InChI=1S/C36H41N3O6S/c1-21(38-32(41)30-35(2,3)46-36(30,4)5)37-31(40)29(27(33(42)43)19-22-13-7-6-8-14-22)39-34(44)45-20-28-25-17-11-9-15-23(25)24-16-10-12-18-26(24)28/h6-18,21,27-30H,19-20H2,1-5H3,(H,37,40)(H,38,41)(H,39,44)(H,42,43)/t21-,27?,29-/m0/s1. The lowest BCUT2D eigenvalue weighted by atomic mass is 9.81. The van der Waals surface area contributed by atoms with Gasteiger partial charge in [-0.3, -0.25) is 14.4 Å². The molecule has 1 unspecified atom stereocenters. The first-order valence-electron chi connectivity index (χ1n) is 15.5. The van der Waals surface area contributed by atoms with Crippen molar-refractivity contribution in [3.8, 4) is 11.1 Å². The molecule has 10 heteroatoms. The first kappa shape index (κ1) is 33.1. The number of rotatable bonds is 11. The zero-order valence-corrected chi connectivity index (χ0v) is 27.5. The SMILES string of the molecule is C[C@H](NC(=O)C1C(C)(C)SC1(C)C)NC(=O)[C@@H](NC(=O)OCC1c2ccccc2-c2ccccc21)C(Cc1ccccc1)C(=O)O. The third kappa shape index (κ3) is 6.92. The van der Waals surface area contributed by atoms with E-state index in [-0.39, 0.29) is 40.3 Å². The smallest absolute Gasteiger partial charge is 0.407 e. The van der Waals surface area contributed by atoms with Crippen molar-refractivity contribution in [2.75, 3.05) is 6.61 Å². The van der Waals surface area contributed by atoms with Crippen LogP contribution in [-0.4, -0.2) is 57.3 Å². The largest absolute Gasteiger partial charge is 0.481 e. The number of thioether (sulfide) groups is 1. The first-order chi connectivity index (χ1) is 21.8. The molecule has 242 valence electrons. The highest BCUT2D eigenvalue weighted by atomic mass is 32.2. The monoisotopic (exact) mass is 643 g/mol. The Morgan fingerprint density at radius 2 is 1.35 bits per heavy atom. The number of benzene rings is 3. The van der Waals surface area contributed by atoms with E-state index in [1.807, 2.05) is 82.3 Å². The maximum Gasteiger partial charge on any atom is 0.407 e. The highest BCUT2D eigenvalue weighted by Crippen LogP contribution is 2.59. The Hall–Kier alpha value is -4.31. The van der Waals surface area contributed by atoms with Gasteiger partial charge in [0.1, 0.15) is 12.6 Å². The lowest BCUT2D eigenvalue weighted by molar-refractivity contribution is -0.145. The highest BCUT2D eigenvalue weighted by molar-refractivity contribution is 8.03. The van der Waals surface area contributed by atoms with Crippen LogP contribution in [0.2, 0.25) is 0 Å². The molecule has 3 aromatic carbocycles. The molecule has 1 aliphatic carbocycles. The van der Waals surface area contributed by atoms with E-state index in [1.165, 1.54) is 0 Å². The molecular weight excluding hydrogens is 602 g/mol. The van der Waals surface area contributed by atoms with Gasteiger partial charge in [0.05, 0.1) is 18.0 Å². The van der Waals surface area contributed by atoms with Crippen LogP contribution in [0.25, 0.3) is 11.1 Å². The molecule has 3 amide bonds.